The molecule has 1 atom stereocenters. The lowest BCUT2D eigenvalue weighted by Gasteiger charge is -2.13. The summed E-state index contributed by atoms with van der Waals surface area (Å²) in [5, 5.41) is 0. The molecule has 0 fully saturated rings. The van der Waals surface area contributed by atoms with Gasteiger partial charge in [0.15, 0.2) is 0 Å². The van der Waals surface area contributed by atoms with Gasteiger partial charge in [-0.2, -0.15) is 0 Å². The molecule has 20 heavy (non-hydrogen) atoms. The number of carbonyl (C=O) groups excluding carboxylic acids is 1. The van der Waals surface area contributed by atoms with Gasteiger partial charge in [0.05, 0.1) is 12.5 Å². The molecule has 1 amide bonds. The van der Waals surface area contributed by atoms with Crippen molar-refractivity contribution in [3.05, 3.63) is 50.7 Å². The Hall–Kier alpha value is -1.65. The smallest absolute Gasteiger partial charge is 0.231 e. The second-order valence-electron chi connectivity index (χ2n) is 5.38. The predicted octanol–water partition coefficient (Wildman–Crippen LogP) is 2.93. The van der Waals surface area contributed by atoms with Crippen LogP contribution in [0.3, 0.4) is 0 Å². The van der Waals surface area contributed by atoms with E-state index in [-0.39, 0.29) is 11.9 Å². The number of amides is 1. The van der Waals surface area contributed by atoms with Gasteiger partial charge in [-0.25, -0.2) is 0 Å². The normalized spacial score (nSPS) is 15.6. The quantitative estimate of drug-likeness (QED) is 0.922. The summed E-state index contributed by atoms with van der Waals surface area (Å²) in [4.78, 5) is 15.9. The number of aryl methyl sites for hydroxylation is 2. The Morgan fingerprint density at radius 3 is 2.70 bits per heavy atom. The van der Waals surface area contributed by atoms with Crippen LogP contribution >= 0.6 is 11.3 Å². The minimum atomic E-state index is -0.112. The van der Waals surface area contributed by atoms with Crippen LogP contribution in [-0.4, -0.2) is 13.0 Å². The Morgan fingerprint density at radius 2 is 2.05 bits per heavy atom. The molecule has 1 aromatic carbocycles. The topological polar surface area (TPSA) is 46.3 Å². The standard InChI is InChI=1S/C16H18N2OS/c1-9-6-14(20-10(9)2)16(17)11-4-5-13-12(7-11)8-15(19)18(13)3/h4-7,16H,8,17H2,1-3H3. The zero-order valence-electron chi connectivity index (χ0n) is 11.9. The van der Waals surface area contributed by atoms with Gasteiger partial charge in [-0.1, -0.05) is 12.1 Å². The number of thiophene rings is 1. The van der Waals surface area contributed by atoms with Crippen molar-refractivity contribution in [3.63, 3.8) is 0 Å². The van der Waals surface area contributed by atoms with Gasteiger partial charge in [-0.15, -0.1) is 11.3 Å². The van der Waals surface area contributed by atoms with Gasteiger partial charge in [-0.05, 0) is 42.7 Å². The fourth-order valence-corrected chi connectivity index (χ4v) is 3.68. The second kappa shape index (κ2) is 4.72. The monoisotopic (exact) mass is 286 g/mol. The Labute approximate surface area is 123 Å². The van der Waals surface area contributed by atoms with E-state index in [2.05, 4.69) is 26.0 Å². The van der Waals surface area contributed by atoms with Crippen molar-refractivity contribution in [2.24, 2.45) is 5.73 Å². The first-order valence-corrected chi connectivity index (χ1v) is 7.51. The number of hydrogen-bond donors (Lipinski definition) is 1. The molecular formula is C16H18N2OS. The number of nitrogens with two attached hydrogens (primary N) is 1. The minimum absolute atomic E-state index is 0.112. The maximum absolute atomic E-state index is 11.7. The van der Waals surface area contributed by atoms with Crippen molar-refractivity contribution >= 4 is 22.9 Å². The van der Waals surface area contributed by atoms with Crippen LogP contribution in [0.5, 0.6) is 0 Å². The third-order valence-electron chi connectivity index (χ3n) is 4.03. The van der Waals surface area contributed by atoms with Crippen LogP contribution < -0.4 is 10.6 Å². The molecule has 1 aliphatic heterocycles. The minimum Gasteiger partial charge on any atom is -0.320 e. The zero-order valence-corrected chi connectivity index (χ0v) is 12.8. The largest absolute Gasteiger partial charge is 0.320 e. The lowest BCUT2D eigenvalue weighted by Crippen LogP contribution is -2.20. The number of hydrogen-bond acceptors (Lipinski definition) is 3. The molecule has 2 heterocycles. The van der Waals surface area contributed by atoms with Crippen molar-refractivity contribution in [3.8, 4) is 0 Å². The highest BCUT2D eigenvalue weighted by molar-refractivity contribution is 7.12. The van der Waals surface area contributed by atoms with Crippen LogP contribution in [0.4, 0.5) is 5.69 Å². The number of anilines is 1. The number of nitrogens with zero attached hydrogens (tertiary/aromatic N) is 1. The van der Waals surface area contributed by atoms with E-state index in [1.807, 2.05) is 19.2 Å². The highest BCUT2D eigenvalue weighted by Crippen LogP contribution is 2.33. The van der Waals surface area contributed by atoms with Crippen molar-refractivity contribution in [1.29, 1.82) is 0 Å². The summed E-state index contributed by atoms with van der Waals surface area (Å²) in [5.74, 6) is 0.147. The molecule has 2 aromatic rings. The Balaban J connectivity index is 1.96. The molecule has 0 saturated heterocycles. The van der Waals surface area contributed by atoms with Gasteiger partial charge >= 0.3 is 0 Å². The van der Waals surface area contributed by atoms with E-state index in [0.717, 1.165) is 16.8 Å². The van der Waals surface area contributed by atoms with Crippen molar-refractivity contribution < 1.29 is 4.79 Å². The fourth-order valence-electron chi connectivity index (χ4n) is 2.60. The van der Waals surface area contributed by atoms with Gasteiger partial charge in [-0.3, -0.25) is 4.79 Å². The average Bonchev–Trinajstić information content (AvgIpc) is 2.90. The number of carbonyl (C=O) groups is 1. The van der Waals surface area contributed by atoms with Gasteiger partial charge < -0.3 is 10.6 Å². The summed E-state index contributed by atoms with van der Waals surface area (Å²) >= 11 is 1.75. The van der Waals surface area contributed by atoms with Crippen molar-refractivity contribution in [2.45, 2.75) is 26.3 Å². The molecule has 1 aromatic heterocycles. The number of benzene rings is 1. The molecule has 104 valence electrons. The van der Waals surface area contributed by atoms with Gasteiger partial charge in [0.25, 0.3) is 0 Å². The van der Waals surface area contributed by atoms with Crippen LogP contribution in [0, 0.1) is 13.8 Å². The van der Waals surface area contributed by atoms with E-state index in [4.69, 9.17) is 5.73 Å². The molecule has 0 aliphatic carbocycles. The zero-order chi connectivity index (χ0) is 14.4. The molecular weight excluding hydrogens is 268 g/mol. The Kier molecular flexibility index (Phi) is 3.15. The molecule has 4 heteroatoms. The second-order valence-corrected chi connectivity index (χ2v) is 6.67. The van der Waals surface area contributed by atoms with E-state index in [1.54, 1.807) is 16.2 Å². The molecule has 0 spiro atoms. The summed E-state index contributed by atoms with van der Waals surface area (Å²) in [6, 6.07) is 8.16. The van der Waals surface area contributed by atoms with E-state index in [9.17, 15) is 4.79 Å². The number of likely N-dealkylation sites (N-methyl/N-ethyl adjacent to an activating group) is 1. The summed E-state index contributed by atoms with van der Waals surface area (Å²) in [5.41, 5.74) is 10.8. The molecule has 3 rings (SSSR count). The first kappa shape index (κ1) is 13.3. The maximum Gasteiger partial charge on any atom is 0.231 e. The number of fused-ring (bicyclic) bond motifs is 1. The van der Waals surface area contributed by atoms with Gasteiger partial charge in [0.2, 0.25) is 5.91 Å². The lowest BCUT2D eigenvalue weighted by molar-refractivity contribution is -0.117. The average molecular weight is 286 g/mol. The van der Waals surface area contributed by atoms with Crippen molar-refractivity contribution in [2.75, 3.05) is 11.9 Å². The predicted molar refractivity (Wildman–Crippen MR) is 83.4 cm³/mol. The highest BCUT2D eigenvalue weighted by atomic mass is 32.1. The first-order valence-electron chi connectivity index (χ1n) is 6.69. The van der Waals surface area contributed by atoms with Crippen LogP contribution in [0.1, 0.15) is 32.5 Å². The molecule has 0 saturated carbocycles. The Bertz CT molecular complexity index is 670. The molecule has 0 bridgehead atoms. The van der Waals surface area contributed by atoms with E-state index in [1.165, 1.54) is 15.3 Å². The Morgan fingerprint density at radius 1 is 1.30 bits per heavy atom. The summed E-state index contributed by atoms with van der Waals surface area (Å²) in [7, 11) is 1.82. The molecule has 0 radical (unpaired) electrons. The SMILES string of the molecule is Cc1cc(C(N)c2ccc3c(c2)CC(=O)N3C)sc1C. The molecule has 1 unspecified atom stereocenters. The van der Waals surface area contributed by atoms with Crippen LogP contribution in [0.15, 0.2) is 24.3 Å². The highest BCUT2D eigenvalue weighted by Gasteiger charge is 2.25. The number of rotatable bonds is 2. The van der Waals surface area contributed by atoms with Crippen LogP contribution in [-0.2, 0) is 11.2 Å². The van der Waals surface area contributed by atoms with Gasteiger partial charge in [0, 0.05) is 22.5 Å². The van der Waals surface area contributed by atoms with E-state index < -0.39 is 0 Å². The van der Waals surface area contributed by atoms with Crippen LogP contribution in [0.2, 0.25) is 0 Å². The maximum atomic E-state index is 11.7. The first-order chi connectivity index (χ1) is 9.47. The van der Waals surface area contributed by atoms with Crippen molar-refractivity contribution in [1.82, 2.24) is 0 Å². The molecule has 2 N–H and O–H groups in total. The summed E-state index contributed by atoms with van der Waals surface area (Å²) in [6.45, 7) is 4.23. The van der Waals surface area contributed by atoms with E-state index >= 15 is 0 Å². The third-order valence-corrected chi connectivity index (χ3v) is 5.27. The van der Waals surface area contributed by atoms with Crippen LogP contribution in [0.25, 0.3) is 0 Å². The van der Waals surface area contributed by atoms with E-state index in [0.29, 0.717) is 6.42 Å². The van der Waals surface area contributed by atoms with Gasteiger partial charge in [0.1, 0.15) is 0 Å². The fraction of sp³-hybridized carbons (Fsp3) is 0.312. The summed E-state index contributed by atoms with van der Waals surface area (Å²) < 4.78 is 0. The lowest BCUT2D eigenvalue weighted by atomic mass is 10.0. The molecule has 1 aliphatic rings. The molecule has 3 nitrogen and oxygen atoms in total. The summed E-state index contributed by atoms with van der Waals surface area (Å²) in [6.07, 6.45) is 0.481. The third kappa shape index (κ3) is 2.05.